The van der Waals surface area contributed by atoms with Crippen LogP contribution in [-0.4, -0.2) is 28.2 Å². The summed E-state index contributed by atoms with van der Waals surface area (Å²) in [5.41, 5.74) is 4.38. The third-order valence-corrected chi connectivity index (χ3v) is 6.33. The van der Waals surface area contributed by atoms with Crippen LogP contribution in [-0.2, 0) is 16.0 Å². The fourth-order valence-electron chi connectivity index (χ4n) is 4.16. The topological polar surface area (TPSA) is 57.6 Å². The van der Waals surface area contributed by atoms with E-state index >= 15 is 0 Å². The van der Waals surface area contributed by atoms with Crippen LogP contribution >= 0.6 is 15.9 Å². The minimum atomic E-state index is -0.656. The highest BCUT2D eigenvalue weighted by molar-refractivity contribution is 9.10. The van der Waals surface area contributed by atoms with Crippen molar-refractivity contribution in [2.75, 3.05) is 6.54 Å². The molecule has 4 rings (SSSR count). The molecule has 1 unspecified atom stereocenters. The minimum absolute atomic E-state index is 0.128. The monoisotopic (exact) mass is 489 g/mol. The molecule has 4 nitrogen and oxygen atoms in total. The molecule has 162 valence electrons. The molecule has 1 aliphatic heterocycles. The smallest absolute Gasteiger partial charge is 0.295 e. The normalized spacial score (nSPS) is 17.7. The highest BCUT2D eigenvalue weighted by Crippen LogP contribution is 2.40. The number of aryl methyl sites for hydroxylation is 2. The molecule has 1 aliphatic rings. The van der Waals surface area contributed by atoms with Crippen molar-refractivity contribution < 1.29 is 14.7 Å². The Morgan fingerprint density at radius 3 is 2.44 bits per heavy atom. The molecule has 1 amide bonds. The highest BCUT2D eigenvalue weighted by Gasteiger charge is 2.46. The number of rotatable bonds is 5. The van der Waals surface area contributed by atoms with Gasteiger partial charge in [0.25, 0.3) is 11.7 Å². The summed E-state index contributed by atoms with van der Waals surface area (Å²) in [6.45, 7) is 4.18. The Hall–Kier alpha value is -3.18. The van der Waals surface area contributed by atoms with E-state index in [1.165, 1.54) is 0 Å². The molecule has 0 radical (unpaired) electrons. The van der Waals surface area contributed by atoms with Crippen molar-refractivity contribution in [3.05, 3.63) is 111 Å². The summed E-state index contributed by atoms with van der Waals surface area (Å²) < 4.78 is 0.843. The number of aliphatic hydroxyl groups is 1. The Balaban J connectivity index is 1.83. The van der Waals surface area contributed by atoms with Crippen molar-refractivity contribution >= 4 is 33.4 Å². The molecule has 1 heterocycles. The van der Waals surface area contributed by atoms with Crippen molar-refractivity contribution in [2.45, 2.75) is 26.3 Å². The highest BCUT2D eigenvalue weighted by atomic mass is 79.9. The van der Waals surface area contributed by atoms with Gasteiger partial charge in [0.05, 0.1) is 11.6 Å². The number of carbonyl (C=O) groups excluding carboxylic acids is 2. The van der Waals surface area contributed by atoms with Crippen LogP contribution < -0.4 is 0 Å². The Morgan fingerprint density at radius 2 is 1.72 bits per heavy atom. The zero-order valence-corrected chi connectivity index (χ0v) is 19.6. The van der Waals surface area contributed by atoms with Crippen LogP contribution in [0.5, 0.6) is 0 Å². The number of nitrogens with zero attached hydrogens (tertiary/aromatic N) is 1. The third-order valence-electron chi connectivity index (χ3n) is 5.84. The van der Waals surface area contributed by atoms with Crippen molar-refractivity contribution in [2.24, 2.45) is 0 Å². The van der Waals surface area contributed by atoms with Gasteiger partial charge in [0.15, 0.2) is 0 Å². The average molecular weight is 490 g/mol. The molecule has 0 aliphatic carbocycles. The van der Waals surface area contributed by atoms with E-state index in [2.05, 4.69) is 15.9 Å². The van der Waals surface area contributed by atoms with Gasteiger partial charge in [-0.15, -0.1) is 0 Å². The Bertz CT molecular complexity index is 1220. The predicted octanol–water partition coefficient (Wildman–Crippen LogP) is 5.73. The summed E-state index contributed by atoms with van der Waals surface area (Å²) in [7, 11) is 0. The van der Waals surface area contributed by atoms with Crippen LogP contribution in [0.2, 0.25) is 0 Å². The summed E-state index contributed by atoms with van der Waals surface area (Å²) in [5.74, 6) is -1.36. The Morgan fingerprint density at radius 1 is 0.969 bits per heavy atom. The summed E-state index contributed by atoms with van der Waals surface area (Å²) in [4.78, 5) is 27.9. The lowest BCUT2D eigenvalue weighted by Gasteiger charge is -2.25. The van der Waals surface area contributed by atoms with E-state index in [1.807, 2.05) is 86.6 Å². The summed E-state index contributed by atoms with van der Waals surface area (Å²) in [6.07, 6.45) is 0.613. The number of ketones is 1. The van der Waals surface area contributed by atoms with E-state index in [1.54, 1.807) is 4.90 Å². The van der Waals surface area contributed by atoms with Gasteiger partial charge in [0.1, 0.15) is 5.76 Å². The fraction of sp³-hybridized carbons (Fsp3) is 0.185. The van der Waals surface area contributed by atoms with Crippen LogP contribution in [0, 0.1) is 13.8 Å². The number of hydrogen-bond acceptors (Lipinski definition) is 3. The lowest BCUT2D eigenvalue weighted by Crippen LogP contribution is -2.31. The quantitative estimate of drug-likeness (QED) is 0.282. The van der Waals surface area contributed by atoms with Gasteiger partial charge in [-0.05, 0) is 55.2 Å². The number of benzene rings is 3. The van der Waals surface area contributed by atoms with Crippen LogP contribution in [0.15, 0.2) is 82.8 Å². The maximum atomic E-state index is 13.2. The molecule has 1 saturated heterocycles. The first-order valence-corrected chi connectivity index (χ1v) is 11.3. The van der Waals surface area contributed by atoms with E-state index in [0.717, 1.165) is 26.7 Å². The number of halogens is 1. The van der Waals surface area contributed by atoms with E-state index in [-0.39, 0.29) is 11.3 Å². The number of carbonyl (C=O) groups is 2. The van der Waals surface area contributed by atoms with Crippen molar-refractivity contribution in [3.63, 3.8) is 0 Å². The molecule has 5 heteroatoms. The lowest BCUT2D eigenvalue weighted by atomic mass is 9.93. The van der Waals surface area contributed by atoms with Crippen LogP contribution in [0.3, 0.4) is 0 Å². The lowest BCUT2D eigenvalue weighted by molar-refractivity contribution is -0.139. The van der Waals surface area contributed by atoms with Crippen LogP contribution in [0.25, 0.3) is 5.76 Å². The van der Waals surface area contributed by atoms with Gasteiger partial charge >= 0.3 is 0 Å². The molecule has 1 atom stereocenters. The van der Waals surface area contributed by atoms with Crippen molar-refractivity contribution in [3.8, 4) is 0 Å². The van der Waals surface area contributed by atoms with E-state index < -0.39 is 17.7 Å². The van der Waals surface area contributed by atoms with Gasteiger partial charge in [-0.1, -0.05) is 76.1 Å². The second-order valence-corrected chi connectivity index (χ2v) is 9.02. The van der Waals surface area contributed by atoms with Gasteiger partial charge in [0.2, 0.25) is 0 Å². The van der Waals surface area contributed by atoms with Gasteiger partial charge in [-0.3, -0.25) is 9.59 Å². The van der Waals surface area contributed by atoms with Crippen LogP contribution in [0.4, 0.5) is 0 Å². The van der Waals surface area contributed by atoms with Gasteiger partial charge in [-0.2, -0.15) is 0 Å². The zero-order chi connectivity index (χ0) is 22.8. The molecule has 0 aromatic heterocycles. The average Bonchev–Trinajstić information content (AvgIpc) is 3.04. The van der Waals surface area contributed by atoms with Crippen LogP contribution in [0.1, 0.15) is 33.9 Å². The number of amides is 1. The first-order chi connectivity index (χ1) is 15.4. The maximum absolute atomic E-state index is 13.2. The second-order valence-electron chi connectivity index (χ2n) is 8.10. The molecule has 0 bridgehead atoms. The second kappa shape index (κ2) is 9.13. The Kier molecular flexibility index (Phi) is 6.28. The molecular weight excluding hydrogens is 466 g/mol. The third kappa shape index (κ3) is 4.26. The molecule has 0 spiro atoms. The number of hydrogen-bond donors (Lipinski definition) is 1. The summed E-state index contributed by atoms with van der Waals surface area (Å²) >= 11 is 3.49. The zero-order valence-electron chi connectivity index (χ0n) is 18.0. The SMILES string of the molecule is Cc1ccc(C)c(C(O)=C2C(=O)C(=O)N(CCc3ccccc3)C2c2cccc(Br)c2)c1. The molecular formula is C27H24BrNO3. The number of Topliss-reactive ketones (excluding diaryl/α,β-unsaturated/α-hetero) is 1. The summed E-state index contributed by atoms with van der Waals surface area (Å²) in [5, 5.41) is 11.3. The minimum Gasteiger partial charge on any atom is -0.507 e. The van der Waals surface area contributed by atoms with E-state index in [0.29, 0.717) is 18.5 Å². The number of likely N-dealkylation sites (tertiary alicyclic amines) is 1. The first-order valence-electron chi connectivity index (χ1n) is 10.5. The van der Waals surface area contributed by atoms with Gasteiger partial charge in [-0.25, -0.2) is 0 Å². The molecule has 1 fully saturated rings. The molecule has 1 N–H and O–H groups in total. The predicted molar refractivity (Wildman–Crippen MR) is 129 cm³/mol. The molecule has 32 heavy (non-hydrogen) atoms. The van der Waals surface area contributed by atoms with E-state index in [4.69, 9.17) is 0 Å². The summed E-state index contributed by atoms with van der Waals surface area (Å²) in [6, 6.07) is 22.4. The van der Waals surface area contributed by atoms with Gasteiger partial charge < -0.3 is 10.0 Å². The Labute approximate surface area is 196 Å². The van der Waals surface area contributed by atoms with Crippen molar-refractivity contribution in [1.82, 2.24) is 4.90 Å². The maximum Gasteiger partial charge on any atom is 0.295 e. The van der Waals surface area contributed by atoms with E-state index in [9.17, 15) is 14.7 Å². The first kappa shape index (κ1) is 22.0. The van der Waals surface area contributed by atoms with Gasteiger partial charge in [0, 0.05) is 16.6 Å². The largest absolute Gasteiger partial charge is 0.507 e. The van der Waals surface area contributed by atoms with Crippen molar-refractivity contribution in [1.29, 1.82) is 0 Å². The molecule has 0 saturated carbocycles. The number of aliphatic hydroxyl groups excluding tert-OH is 1. The fourth-order valence-corrected chi connectivity index (χ4v) is 4.58. The molecule has 3 aromatic carbocycles. The molecule has 3 aromatic rings. The standard InChI is InChI=1S/C27H24BrNO3/c1-17-11-12-18(2)22(15-17)25(30)23-24(20-9-6-10-21(28)16-20)29(27(32)26(23)31)14-13-19-7-4-3-5-8-19/h3-12,15-16,24,30H,13-14H2,1-2H3.